The Morgan fingerprint density at radius 1 is 0.522 bits per heavy atom. The molecule has 0 radical (unpaired) electrons. The topological polar surface area (TPSA) is 23.4 Å². The second-order valence-electron chi connectivity index (χ2n) is 15.0. The molecular weight excluding hydrogens is 561 g/mol. The molecule has 6 aromatic carbocycles. The molecule has 3 nitrogen and oxygen atoms in total. The molecule has 0 amide bonds. The van der Waals surface area contributed by atoms with Crippen LogP contribution in [0.25, 0.3) is 38.3 Å². The number of nitrogens with zero attached hydrogens (tertiary/aromatic N) is 1. The number of ether oxygens (including phenoxy) is 2. The van der Waals surface area contributed by atoms with E-state index in [0.717, 1.165) is 39.7 Å². The van der Waals surface area contributed by atoms with Gasteiger partial charge in [0, 0.05) is 33.8 Å². The van der Waals surface area contributed by atoms with Crippen LogP contribution in [0.15, 0.2) is 109 Å². The first kappa shape index (κ1) is 27.4. The standard InChI is InChI=1S/C42H36BNO2/c1-41(2,3)26-16-19-35-32(21-26)43-33-22-27(42(4,5)6)17-20-36(33)46-38-24-28(23-37(45-35)39(38)43)44-34-14-10-9-13-30(34)31-18-15-25-11-7-8-12-29(25)40(31)44/h7-24H,1-6H3. The Hall–Kier alpha value is -4.96. The fourth-order valence-corrected chi connectivity index (χ4v) is 7.55. The molecule has 2 aliphatic heterocycles. The number of fused-ring (bicyclic) bond motifs is 9. The molecule has 3 heterocycles. The highest BCUT2D eigenvalue weighted by molar-refractivity contribution is 6.98. The van der Waals surface area contributed by atoms with Crippen molar-refractivity contribution in [3.63, 3.8) is 0 Å². The minimum absolute atomic E-state index is 0.00938. The molecule has 0 saturated heterocycles. The quantitative estimate of drug-likeness (QED) is 0.176. The molecule has 46 heavy (non-hydrogen) atoms. The second kappa shape index (κ2) is 9.29. The van der Waals surface area contributed by atoms with Crippen molar-refractivity contribution in [1.82, 2.24) is 4.57 Å². The first-order valence-corrected chi connectivity index (χ1v) is 16.3. The largest absolute Gasteiger partial charge is 0.458 e. The molecule has 0 aliphatic carbocycles. The van der Waals surface area contributed by atoms with Crippen LogP contribution in [0.3, 0.4) is 0 Å². The van der Waals surface area contributed by atoms with Crippen LogP contribution < -0.4 is 25.9 Å². The van der Waals surface area contributed by atoms with Gasteiger partial charge in [-0.1, -0.05) is 120 Å². The molecule has 1 aromatic heterocycles. The summed E-state index contributed by atoms with van der Waals surface area (Å²) in [5, 5.41) is 4.91. The zero-order chi connectivity index (χ0) is 31.5. The van der Waals surface area contributed by atoms with E-state index in [9.17, 15) is 0 Å². The van der Waals surface area contributed by atoms with E-state index >= 15 is 0 Å². The maximum absolute atomic E-state index is 6.86. The average Bonchev–Trinajstić information content (AvgIpc) is 3.38. The van der Waals surface area contributed by atoms with Gasteiger partial charge in [0.15, 0.2) is 0 Å². The summed E-state index contributed by atoms with van der Waals surface area (Å²) in [5.41, 5.74) is 9.52. The Labute approximate surface area is 270 Å². The van der Waals surface area contributed by atoms with Crippen molar-refractivity contribution < 1.29 is 9.47 Å². The van der Waals surface area contributed by atoms with Crippen LogP contribution in [0.2, 0.25) is 0 Å². The van der Waals surface area contributed by atoms with Crippen LogP contribution in [0.5, 0.6) is 23.0 Å². The van der Waals surface area contributed by atoms with E-state index < -0.39 is 0 Å². The number of hydrogen-bond acceptors (Lipinski definition) is 2. The Bertz CT molecular complexity index is 2310. The van der Waals surface area contributed by atoms with Crippen molar-refractivity contribution in [2.45, 2.75) is 52.4 Å². The van der Waals surface area contributed by atoms with Crippen molar-refractivity contribution in [1.29, 1.82) is 0 Å². The summed E-state index contributed by atoms with van der Waals surface area (Å²) in [4.78, 5) is 0. The van der Waals surface area contributed by atoms with Gasteiger partial charge in [0.25, 0.3) is 6.71 Å². The van der Waals surface area contributed by atoms with Gasteiger partial charge in [0.05, 0.1) is 16.7 Å². The highest BCUT2D eigenvalue weighted by Crippen LogP contribution is 2.42. The van der Waals surface area contributed by atoms with Crippen LogP contribution in [0, 0.1) is 0 Å². The third-order valence-electron chi connectivity index (χ3n) is 10.0. The van der Waals surface area contributed by atoms with Gasteiger partial charge in [-0.25, -0.2) is 0 Å². The van der Waals surface area contributed by atoms with Crippen molar-refractivity contribution >= 4 is 55.7 Å². The first-order valence-electron chi connectivity index (χ1n) is 16.3. The van der Waals surface area contributed by atoms with Crippen molar-refractivity contribution in [3.05, 3.63) is 120 Å². The highest BCUT2D eigenvalue weighted by atomic mass is 16.5. The summed E-state index contributed by atoms with van der Waals surface area (Å²) in [7, 11) is 0. The van der Waals surface area contributed by atoms with Crippen LogP contribution in [-0.4, -0.2) is 11.3 Å². The Kier molecular flexibility index (Phi) is 5.53. The summed E-state index contributed by atoms with van der Waals surface area (Å²) in [6.07, 6.45) is 0. The van der Waals surface area contributed by atoms with Gasteiger partial charge in [-0.05, 0) is 56.5 Å². The van der Waals surface area contributed by atoms with E-state index in [2.05, 4.69) is 155 Å². The molecule has 9 rings (SSSR count). The number of aromatic nitrogens is 1. The number of para-hydroxylation sites is 1. The van der Waals surface area contributed by atoms with Crippen LogP contribution >= 0.6 is 0 Å². The minimum Gasteiger partial charge on any atom is -0.458 e. The number of hydrogen-bond donors (Lipinski definition) is 0. The lowest BCUT2D eigenvalue weighted by molar-refractivity contribution is 0.463. The lowest BCUT2D eigenvalue weighted by Gasteiger charge is -2.35. The fraction of sp³-hybridized carbons (Fsp3) is 0.190. The van der Waals surface area contributed by atoms with Gasteiger partial charge in [0.1, 0.15) is 23.0 Å². The predicted molar refractivity (Wildman–Crippen MR) is 193 cm³/mol. The first-order chi connectivity index (χ1) is 22.1. The fourth-order valence-electron chi connectivity index (χ4n) is 7.55. The number of rotatable bonds is 1. The minimum atomic E-state index is 0.00938. The SMILES string of the molecule is CC(C)(C)c1ccc2c(c1)B1c3cc(C(C)(C)C)ccc3Oc3cc(-n4c5ccccc5c5ccc6ccccc6c54)cc(c31)O2. The van der Waals surface area contributed by atoms with E-state index in [1.165, 1.54) is 49.1 Å². The molecule has 2 aliphatic rings. The predicted octanol–water partition coefficient (Wildman–Crippen LogP) is 9.26. The summed E-state index contributed by atoms with van der Waals surface area (Å²) < 4.78 is 16.1. The molecule has 0 atom stereocenters. The monoisotopic (exact) mass is 597 g/mol. The molecule has 0 fully saturated rings. The molecular formula is C42H36BNO2. The smallest absolute Gasteiger partial charge is 0.260 e. The maximum atomic E-state index is 6.86. The Morgan fingerprint density at radius 2 is 1.09 bits per heavy atom. The lowest BCUT2D eigenvalue weighted by Crippen LogP contribution is -2.57. The van der Waals surface area contributed by atoms with E-state index in [-0.39, 0.29) is 17.5 Å². The van der Waals surface area contributed by atoms with Gasteiger partial charge < -0.3 is 14.0 Å². The zero-order valence-corrected chi connectivity index (χ0v) is 27.2. The lowest BCUT2D eigenvalue weighted by atomic mass is 9.34. The van der Waals surface area contributed by atoms with Crippen molar-refractivity contribution in [2.75, 3.05) is 0 Å². The summed E-state index contributed by atoms with van der Waals surface area (Å²) in [6.45, 7) is 13.6. The van der Waals surface area contributed by atoms with Crippen molar-refractivity contribution in [2.24, 2.45) is 0 Å². The summed E-state index contributed by atoms with van der Waals surface area (Å²) >= 11 is 0. The second-order valence-corrected chi connectivity index (χ2v) is 15.0. The summed E-state index contributed by atoms with van der Waals surface area (Å²) in [5.74, 6) is 3.53. The molecule has 0 bridgehead atoms. The molecule has 0 spiro atoms. The van der Waals surface area contributed by atoms with Gasteiger partial charge >= 0.3 is 0 Å². The molecule has 224 valence electrons. The third-order valence-corrected chi connectivity index (χ3v) is 10.0. The Morgan fingerprint density at radius 3 is 1.70 bits per heavy atom. The average molecular weight is 598 g/mol. The van der Waals surface area contributed by atoms with E-state index in [0.29, 0.717) is 0 Å². The zero-order valence-electron chi connectivity index (χ0n) is 27.2. The summed E-state index contributed by atoms with van der Waals surface area (Å²) in [6, 6.07) is 39.8. The number of benzene rings is 6. The van der Waals surface area contributed by atoms with Crippen LogP contribution in [0.4, 0.5) is 0 Å². The van der Waals surface area contributed by atoms with E-state index in [1.54, 1.807) is 0 Å². The van der Waals surface area contributed by atoms with Gasteiger partial charge in [-0.15, -0.1) is 0 Å². The molecule has 0 N–H and O–H groups in total. The maximum Gasteiger partial charge on any atom is 0.260 e. The van der Waals surface area contributed by atoms with Crippen molar-refractivity contribution in [3.8, 4) is 28.7 Å². The molecule has 4 heteroatoms. The van der Waals surface area contributed by atoms with Crippen LogP contribution in [0.1, 0.15) is 52.7 Å². The highest BCUT2D eigenvalue weighted by Gasteiger charge is 2.41. The van der Waals surface area contributed by atoms with Gasteiger partial charge in [-0.3, -0.25) is 0 Å². The van der Waals surface area contributed by atoms with E-state index in [1.807, 2.05) is 0 Å². The third kappa shape index (κ3) is 3.92. The Balaban J connectivity index is 1.34. The van der Waals surface area contributed by atoms with Gasteiger partial charge in [0.2, 0.25) is 0 Å². The molecule has 7 aromatic rings. The van der Waals surface area contributed by atoms with E-state index in [4.69, 9.17) is 9.47 Å². The normalized spacial score (nSPS) is 13.7. The molecule has 0 saturated carbocycles. The van der Waals surface area contributed by atoms with Crippen LogP contribution in [-0.2, 0) is 10.8 Å². The van der Waals surface area contributed by atoms with Gasteiger partial charge in [-0.2, -0.15) is 0 Å². The molecule has 0 unspecified atom stereocenters.